The van der Waals surface area contributed by atoms with Crippen LogP contribution in [0.1, 0.15) is 32.3 Å². The normalized spacial score (nSPS) is 10.6. The predicted molar refractivity (Wildman–Crippen MR) is 170 cm³/mol. The summed E-state index contributed by atoms with van der Waals surface area (Å²) in [6.07, 6.45) is 3.37. The second-order valence-corrected chi connectivity index (χ2v) is 10.6. The van der Waals surface area contributed by atoms with Gasteiger partial charge in [-0.3, -0.25) is 14.4 Å². The van der Waals surface area contributed by atoms with Crippen LogP contribution in [0.2, 0.25) is 0 Å². The van der Waals surface area contributed by atoms with Crippen molar-refractivity contribution in [2.24, 2.45) is 5.10 Å². The number of hydrogen-bond acceptors (Lipinski definition) is 7. The summed E-state index contributed by atoms with van der Waals surface area (Å²) in [4.78, 5) is 36.8. The van der Waals surface area contributed by atoms with Gasteiger partial charge in [-0.25, -0.2) is 5.43 Å². The summed E-state index contributed by atoms with van der Waals surface area (Å²) in [6.45, 7) is 4.66. The lowest BCUT2D eigenvalue weighted by Gasteiger charge is -2.14. The van der Waals surface area contributed by atoms with Crippen LogP contribution < -0.4 is 30.3 Å². The predicted octanol–water partition coefficient (Wildman–Crippen LogP) is 5.74. The minimum Gasteiger partial charge on any atom is -0.494 e. The lowest BCUT2D eigenvalue weighted by atomic mass is 10.2. The van der Waals surface area contributed by atoms with Crippen molar-refractivity contribution in [3.05, 3.63) is 74.3 Å². The largest absolute Gasteiger partial charge is 0.494 e. The van der Waals surface area contributed by atoms with Crippen LogP contribution in [0.25, 0.3) is 0 Å². The zero-order valence-corrected chi connectivity index (χ0v) is 26.3. The molecule has 0 radical (unpaired) electrons. The van der Waals surface area contributed by atoms with Gasteiger partial charge in [0.25, 0.3) is 5.91 Å². The molecule has 10 nitrogen and oxygen atoms in total. The Morgan fingerprint density at radius 3 is 2.27 bits per heavy atom. The number of carbonyl (C=O) groups excluding carboxylic acids is 3. The van der Waals surface area contributed by atoms with Crippen molar-refractivity contribution in [1.29, 1.82) is 0 Å². The Bertz CT molecular complexity index is 1370. The highest BCUT2D eigenvalue weighted by Crippen LogP contribution is 2.34. The van der Waals surface area contributed by atoms with E-state index in [0.717, 1.165) is 17.3 Å². The SMILES string of the molecule is CCCCOc1ccc(NC(=O)C(=O)N/N=C\c2cc(I)c(OCC(=O)Nc3ccc(Br)cc3)c(OCC)c2)cc1. The number of unbranched alkanes of at least 4 members (excludes halogenated alkanes) is 1. The number of nitrogens with zero attached hydrogens (tertiary/aromatic N) is 1. The standard InChI is InChI=1S/C29H30BrIN4O6/c1-3-5-14-40-23-12-10-22(11-13-23)34-28(37)29(38)35-32-17-19-15-24(31)27(25(16-19)39-4-2)41-18-26(36)33-21-8-6-20(30)7-9-21/h6-13,15-17H,3-5,14,18H2,1-2H3,(H,33,36)(H,34,37)(H,35,38)/b32-17-. The molecule has 12 heteroatoms. The van der Waals surface area contributed by atoms with E-state index in [1.54, 1.807) is 48.5 Å². The highest BCUT2D eigenvalue weighted by molar-refractivity contribution is 14.1. The zero-order chi connectivity index (χ0) is 29.6. The van der Waals surface area contributed by atoms with E-state index >= 15 is 0 Å². The molecule has 0 aliphatic rings. The molecule has 3 aromatic carbocycles. The zero-order valence-electron chi connectivity index (χ0n) is 22.5. The van der Waals surface area contributed by atoms with E-state index in [4.69, 9.17) is 14.2 Å². The maximum Gasteiger partial charge on any atom is 0.329 e. The Morgan fingerprint density at radius 2 is 1.59 bits per heavy atom. The van der Waals surface area contributed by atoms with E-state index in [2.05, 4.69) is 66.6 Å². The molecule has 0 atom stereocenters. The third-order valence-corrected chi connectivity index (χ3v) is 6.60. The number of rotatable bonds is 13. The van der Waals surface area contributed by atoms with Gasteiger partial charge in [-0.2, -0.15) is 5.10 Å². The molecule has 216 valence electrons. The third kappa shape index (κ3) is 10.7. The van der Waals surface area contributed by atoms with Crippen LogP contribution >= 0.6 is 38.5 Å². The Kier molecular flexibility index (Phi) is 12.9. The van der Waals surface area contributed by atoms with Crippen molar-refractivity contribution < 1.29 is 28.6 Å². The van der Waals surface area contributed by atoms with Crippen molar-refractivity contribution >= 4 is 73.8 Å². The molecule has 0 bridgehead atoms. The van der Waals surface area contributed by atoms with Crippen LogP contribution in [0.5, 0.6) is 17.2 Å². The minimum atomic E-state index is -0.930. The third-order valence-electron chi connectivity index (χ3n) is 5.27. The smallest absolute Gasteiger partial charge is 0.329 e. The van der Waals surface area contributed by atoms with Gasteiger partial charge in [0.1, 0.15) is 5.75 Å². The molecule has 3 rings (SSSR count). The summed E-state index contributed by atoms with van der Waals surface area (Å²) >= 11 is 5.42. The van der Waals surface area contributed by atoms with Gasteiger partial charge >= 0.3 is 11.8 Å². The van der Waals surface area contributed by atoms with Crippen molar-refractivity contribution in [1.82, 2.24) is 5.43 Å². The summed E-state index contributed by atoms with van der Waals surface area (Å²) in [7, 11) is 0. The molecule has 3 N–H and O–H groups in total. The van der Waals surface area contributed by atoms with Gasteiger partial charge in [0.2, 0.25) is 0 Å². The molecule has 0 fully saturated rings. The summed E-state index contributed by atoms with van der Waals surface area (Å²) in [5, 5.41) is 9.17. The molecule has 41 heavy (non-hydrogen) atoms. The van der Waals surface area contributed by atoms with Crippen LogP contribution in [-0.4, -0.2) is 43.8 Å². The van der Waals surface area contributed by atoms with Gasteiger partial charge in [0.15, 0.2) is 18.1 Å². The van der Waals surface area contributed by atoms with E-state index in [0.29, 0.717) is 51.0 Å². The maximum atomic E-state index is 12.4. The van der Waals surface area contributed by atoms with Crippen LogP contribution in [0.4, 0.5) is 11.4 Å². The van der Waals surface area contributed by atoms with Crippen LogP contribution in [0.3, 0.4) is 0 Å². The summed E-state index contributed by atoms with van der Waals surface area (Å²) in [5.41, 5.74) is 3.90. The van der Waals surface area contributed by atoms with Crippen LogP contribution in [0, 0.1) is 3.57 Å². The molecule has 3 aromatic rings. The second-order valence-electron chi connectivity index (χ2n) is 8.49. The first-order valence-electron chi connectivity index (χ1n) is 12.8. The quantitative estimate of drug-likeness (QED) is 0.0676. The lowest BCUT2D eigenvalue weighted by molar-refractivity contribution is -0.136. The molecule has 0 aromatic heterocycles. The first-order valence-corrected chi connectivity index (χ1v) is 14.7. The van der Waals surface area contributed by atoms with E-state index < -0.39 is 11.8 Å². The molecule has 0 saturated heterocycles. The van der Waals surface area contributed by atoms with E-state index in [1.807, 2.05) is 19.1 Å². The van der Waals surface area contributed by atoms with Gasteiger partial charge in [0.05, 0.1) is 23.0 Å². The number of benzene rings is 3. The first-order chi connectivity index (χ1) is 19.8. The van der Waals surface area contributed by atoms with Crippen molar-refractivity contribution in [3.63, 3.8) is 0 Å². The Labute approximate surface area is 260 Å². The first kappa shape index (κ1) is 31.9. The lowest BCUT2D eigenvalue weighted by Crippen LogP contribution is -2.32. The number of ether oxygens (including phenoxy) is 3. The number of nitrogens with one attached hydrogen (secondary N) is 3. The Hall–Kier alpha value is -3.65. The number of carbonyl (C=O) groups is 3. The number of halogens is 2. The number of hydrazone groups is 1. The fraction of sp³-hybridized carbons (Fsp3) is 0.241. The van der Waals surface area contributed by atoms with E-state index in [1.165, 1.54) is 6.21 Å². The van der Waals surface area contributed by atoms with Gasteiger partial charge in [-0.1, -0.05) is 29.3 Å². The fourth-order valence-corrected chi connectivity index (χ4v) is 4.35. The molecule has 0 spiro atoms. The highest BCUT2D eigenvalue weighted by Gasteiger charge is 2.15. The molecular formula is C29H30BrIN4O6. The van der Waals surface area contributed by atoms with Crippen LogP contribution in [-0.2, 0) is 14.4 Å². The van der Waals surface area contributed by atoms with Crippen LogP contribution in [0.15, 0.2) is 70.2 Å². The van der Waals surface area contributed by atoms with E-state index in [9.17, 15) is 14.4 Å². The summed E-state index contributed by atoms with van der Waals surface area (Å²) in [5.74, 6) is -0.623. The van der Waals surface area contributed by atoms with Gasteiger partial charge in [-0.15, -0.1) is 0 Å². The minimum absolute atomic E-state index is 0.223. The number of hydrogen-bond donors (Lipinski definition) is 3. The van der Waals surface area contributed by atoms with Crippen molar-refractivity contribution in [2.45, 2.75) is 26.7 Å². The van der Waals surface area contributed by atoms with Gasteiger partial charge in [-0.05, 0) is 102 Å². The molecule has 0 unspecified atom stereocenters. The summed E-state index contributed by atoms with van der Waals surface area (Å²) < 4.78 is 18.6. The average molecular weight is 737 g/mol. The molecule has 0 saturated carbocycles. The average Bonchev–Trinajstić information content (AvgIpc) is 2.95. The molecule has 3 amide bonds. The molecular weight excluding hydrogens is 707 g/mol. The van der Waals surface area contributed by atoms with Crippen molar-refractivity contribution in [3.8, 4) is 17.2 Å². The van der Waals surface area contributed by atoms with Crippen molar-refractivity contribution in [2.75, 3.05) is 30.5 Å². The van der Waals surface area contributed by atoms with E-state index in [-0.39, 0.29) is 12.5 Å². The maximum absolute atomic E-state index is 12.4. The second kappa shape index (κ2) is 16.6. The molecule has 0 aliphatic heterocycles. The monoisotopic (exact) mass is 736 g/mol. The Balaban J connectivity index is 1.55. The molecule has 0 heterocycles. The summed E-state index contributed by atoms with van der Waals surface area (Å²) in [6, 6.07) is 17.4. The highest BCUT2D eigenvalue weighted by atomic mass is 127. The molecule has 0 aliphatic carbocycles. The fourth-order valence-electron chi connectivity index (χ4n) is 3.31. The number of amides is 3. The number of anilines is 2. The Morgan fingerprint density at radius 1 is 0.902 bits per heavy atom. The van der Waals surface area contributed by atoms with Gasteiger partial charge < -0.3 is 24.8 Å². The van der Waals surface area contributed by atoms with Gasteiger partial charge in [0, 0.05) is 15.8 Å². The topological polar surface area (TPSA) is 127 Å².